The molecule has 146 valence electrons. The van der Waals surface area contributed by atoms with E-state index in [1.54, 1.807) is 6.20 Å². The molecule has 0 radical (unpaired) electrons. The number of thioether (sulfide) groups is 1. The van der Waals surface area contributed by atoms with E-state index in [-0.39, 0.29) is 11.1 Å². The summed E-state index contributed by atoms with van der Waals surface area (Å²) >= 11 is 1.06. The molecule has 6 heteroatoms. The van der Waals surface area contributed by atoms with Crippen LogP contribution in [0.3, 0.4) is 0 Å². The van der Waals surface area contributed by atoms with Crippen molar-refractivity contribution in [3.8, 4) is 5.69 Å². The molecule has 1 aliphatic carbocycles. The van der Waals surface area contributed by atoms with E-state index in [9.17, 15) is 9.59 Å². The van der Waals surface area contributed by atoms with Crippen molar-refractivity contribution < 1.29 is 9.59 Å². The smallest absolute Gasteiger partial charge is 0.293 e. The van der Waals surface area contributed by atoms with E-state index in [4.69, 9.17) is 0 Å². The predicted molar refractivity (Wildman–Crippen MR) is 112 cm³/mol. The minimum Gasteiger partial charge on any atom is -0.316 e. The van der Waals surface area contributed by atoms with Gasteiger partial charge >= 0.3 is 0 Å². The summed E-state index contributed by atoms with van der Waals surface area (Å²) in [6.07, 6.45) is 11.3. The molecule has 1 aliphatic heterocycles. The monoisotopic (exact) mass is 395 g/mol. The third kappa shape index (κ3) is 3.65. The first-order valence-corrected chi connectivity index (χ1v) is 10.7. The maximum atomic E-state index is 12.9. The van der Waals surface area contributed by atoms with Gasteiger partial charge in [0.25, 0.3) is 11.1 Å². The molecule has 0 spiro atoms. The average Bonchev–Trinajstić information content (AvgIpc) is 3.13. The number of nitrogens with zero attached hydrogens (tertiary/aromatic N) is 3. The summed E-state index contributed by atoms with van der Waals surface area (Å²) in [4.78, 5) is 31.5. The minimum atomic E-state index is -0.147. The fourth-order valence-electron chi connectivity index (χ4n) is 4.24. The Morgan fingerprint density at radius 3 is 2.71 bits per heavy atom. The number of rotatable bonds is 4. The summed E-state index contributed by atoms with van der Waals surface area (Å²) in [5.41, 5.74) is 4.05. The van der Waals surface area contributed by atoms with Crippen molar-refractivity contribution in [2.24, 2.45) is 5.92 Å². The first-order valence-electron chi connectivity index (χ1n) is 9.89. The van der Waals surface area contributed by atoms with Crippen LogP contribution >= 0.6 is 11.8 Å². The number of pyridine rings is 1. The third-order valence-electron chi connectivity index (χ3n) is 5.70. The number of hydrogen-bond acceptors (Lipinski definition) is 4. The maximum absolute atomic E-state index is 12.9. The number of aryl methyl sites for hydroxylation is 1. The zero-order valence-corrected chi connectivity index (χ0v) is 17.2. The topological polar surface area (TPSA) is 55.2 Å². The first-order chi connectivity index (χ1) is 13.5. The zero-order chi connectivity index (χ0) is 19.7. The lowest BCUT2D eigenvalue weighted by atomic mass is 9.89. The molecule has 0 unspecified atom stereocenters. The van der Waals surface area contributed by atoms with Crippen LogP contribution in [0.2, 0.25) is 0 Å². The molecule has 2 aromatic heterocycles. The zero-order valence-electron chi connectivity index (χ0n) is 16.4. The van der Waals surface area contributed by atoms with Gasteiger partial charge in [0.1, 0.15) is 0 Å². The highest BCUT2D eigenvalue weighted by Crippen LogP contribution is 2.35. The molecule has 2 aliphatic rings. The molecular formula is C22H25N3O2S. The largest absolute Gasteiger partial charge is 0.316 e. The van der Waals surface area contributed by atoms with Gasteiger partial charge in [-0.3, -0.25) is 19.5 Å². The number of imide groups is 1. The van der Waals surface area contributed by atoms with Crippen molar-refractivity contribution >= 4 is 29.0 Å². The Kier molecular flexibility index (Phi) is 5.40. The van der Waals surface area contributed by atoms with E-state index >= 15 is 0 Å². The molecule has 5 nitrogen and oxygen atoms in total. The molecule has 0 bridgehead atoms. The number of aromatic nitrogens is 2. The molecule has 1 saturated carbocycles. The van der Waals surface area contributed by atoms with Crippen LogP contribution in [0.4, 0.5) is 4.79 Å². The number of amides is 2. The highest BCUT2D eigenvalue weighted by Gasteiger charge is 2.36. The number of hydrogen-bond donors (Lipinski definition) is 0. The first kappa shape index (κ1) is 19.0. The molecule has 2 fully saturated rings. The highest BCUT2D eigenvalue weighted by atomic mass is 32.2. The summed E-state index contributed by atoms with van der Waals surface area (Å²) < 4.78 is 2.12. The van der Waals surface area contributed by atoms with Gasteiger partial charge in [0.2, 0.25) is 0 Å². The summed E-state index contributed by atoms with van der Waals surface area (Å²) in [6, 6.07) is 5.97. The van der Waals surface area contributed by atoms with Crippen molar-refractivity contribution in [2.45, 2.75) is 46.0 Å². The molecule has 2 aromatic rings. The van der Waals surface area contributed by atoms with Gasteiger partial charge in [0.15, 0.2) is 0 Å². The normalized spacial score (nSPS) is 19.8. The third-order valence-corrected chi connectivity index (χ3v) is 6.61. The Morgan fingerprint density at radius 1 is 1.21 bits per heavy atom. The van der Waals surface area contributed by atoms with Crippen LogP contribution in [-0.4, -0.2) is 32.1 Å². The Balaban J connectivity index is 1.58. The molecule has 1 saturated heterocycles. The summed E-state index contributed by atoms with van der Waals surface area (Å²) in [5, 5.41) is -0.136. The van der Waals surface area contributed by atoms with Gasteiger partial charge in [-0.2, -0.15) is 0 Å². The molecular weight excluding hydrogens is 370 g/mol. The van der Waals surface area contributed by atoms with Gasteiger partial charge in [-0.05, 0) is 74.2 Å². The van der Waals surface area contributed by atoms with Gasteiger partial charge < -0.3 is 4.57 Å². The van der Waals surface area contributed by atoms with E-state index in [0.29, 0.717) is 17.4 Å². The van der Waals surface area contributed by atoms with Gasteiger partial charge in [0.05, 0.1) is 16.8 Å². The highest BCUT2D eigenvalue weighted by molar-refractivity contribution is 8.18. The lowest BCUT2D eigenvalue weighted by molar-refractivity contribution is -0.123. The van der Waals surface area contributed by atoms with Crippen molar-refractivity contribution in [3.05, 3.63) is 52.4 Å². The van der Waals surface area contributed by atoms with E-state index in [0.717, 1.165) is 47.2 Å². The van der Waals surface area contributed by atoms with E-state index in [2.05, 4.69) is 15.6 Å². The molecule has 0 N–H and O–H groups in total. The quantitative estimate of drug-likeness (QED) is 0.676. The van der Waals surface area contributed by atoms with E-state index < -0.39 is 0 Å². The van der Waals surface area contributed by atoms with Crippen molar-refractivity contribution in [1.29, 1.82) is 0 Å². The lowest BCUT2D eigenvalue weighted by Gasteiger charge is -2.25. The Bertz CT molecular complexity index is 927. The van der Waals surface area contributed by atoms with Crippen LogP contribution in [0.25, 0.3) is 11.8 Å². The van der Waals surface area contributed by atoms with Gasteiger partial charge in [0, 0.05) is 24.1 Å². The van der Waals surface area contributed by atoms with Gasteiger partial charge in [-0.25, -0.2) is 0 Å². The molecule has 28 heavy (non-hydrogen) atoms. The Hall–Kier alpha value is -2.34. The number of carbonyl (C=O) groups is 2. The maximum Gasteiger partial charge on any atom is 0.293 e. The second kappa shape index (κ2) is 7.95. The predicted octanol–water partition coefficient (Wildman–Crippen LogP) is 5.11. The van der Waals surface area contributed by atoms with Crippen LogP contribution < -0.4 is 0 Å². The fourth-order valence-corrected chi connectivity index (χ4v) is 5.08. The van der Waals surface area contributed by atoms with Gasteiger partial charge in [-0.15, -0.1) is 0 Å². The van der Waals surface area contributed by atoms with E-state index in [1.165, 1.54) is 24.2 Å². The van der Waals surface area contributed by atoms with Gasteiger partial charge in [-0.1, -0.05) is 19.3 Å². The summed E-state index contributed by atoms with van der Waals surface area (Å²) in [6.45, 7) is 4.63. The van der Waals surface area contributed by atoms with Crippen molar-refractivity contribution in [1.82, 2.24) is 14.5 Å². The SMILES string of the molecule is Cc1cc(/C=C2/SC(=O)N(CC3CCCCC3)C2=O)c(C)n1-c1cccnc1. The summed E-state index contributed by atoms with van der Waals surface area (Å²) in [7, 11) is 0. The second-order valence-electron chi connectivity index (χ2n) is 7.67. The second-order valence-corrected chi connectivity index (χ2v) is 8.66. The molecule has 0 aromatic carbocycles. The average molecular weight is 396 g/mol. The lowest BCUT2D eigenvalue weighted by Crippen LogP contribution is -2.34. The van der Waals surface area contributed by atoms with Crippen molar-refractivity contribution in [3.63, 3.8) is 0 Å². The van der Waals surface area contributed by atoms with Crippen LogP contribution in [0, 0.1) is 19.8 Å². The van der Waals surface area contributed by atoms with Crippen molar-refractivity contribution in [2.75, 3.05) is 6.54 Å². The molecule has 3 heterocycles. The molecule has 2 amide bonds. The fraction of sp³-hybridized carbons (Fsp3) is 0.409. The van der Waals surface area contributed by atoms with Crippen LogP contribution in [0.1, 0.15) is 49.1 Å². The molecule has 0 atom stereocenters. The van der Waals surface area contributed by atoms with Crippen LogP contribution in [0.15, 0.2) is 35.5 Å². The standard InChI is InChI=1S/C22H25N3O2S/c1-15-11-18(16(2)25(15)19-9-6-10-23-13-19)12-20-21(26)24(22(27)28-20)14-17-7-4-3-5-8-17/h6,9-13,17H,3-5,7-8,14H2,1-2H3/b20-12+. The summed E-state index contributed by atoms with van der Waals surface area (Å²) in [5.74, 6) is 0.309. The number of carbonyl (C=O) groups excluding carboxylic acids is 2. The minimum absolute atomic E-state index is 0.136. The van der Waals surface area contributed by atoms with E-state index in [1.807, 2.05) is 38.3 Å². The van der Waals surface area contributed by atoms with Crippen LogP contribution in [-0.2, 0) is 4.79 Å². The Morgan fingerprint density at radius 2 is 2.00 bits per heavy atom. The molecule has 4 rings (SSSR count). The van der Waals surface area contributed by atoms with Crippen LogP contribution in [0.5, 0.6) is 0 Å². The Labute approximate surface area is 169 Å².